The number of hydrogen-bond acceptors (Lipinski definition) is 6. The molecule has 0 radical (unpaired) electrons. The molecule has 9 heteroatoms. The number of nitrogens with zero attached hydrogens (tertiary/aromatic N) is 1. The lowest BCUT2D eigenvalue weighted by atomic mass is 10.1. The monoisotopic (exact) mass is 518 g/mol. The molecule has 32 heavy (non-hydrogen) atoms. The minimum absolute atomic E-state index is 0.231. The first kappa shape index (κ1) is 23.9. The van der Waals surface area contributed by atoms with Crippen LogP contribution in [0.15, 0.2) is 39.7 Å². The molecule has 1 aliphatic heterocycles. The number of methoxy groups -OCH3 is 1. The van der Waals surface area contributed by atoms with Crippen LogP contribution in [0.5, 0.6) is 11.5 Å². The van der Waals surface area contributed by atoms with Crippen LogP contribution in [0.2, 0.25) is 0 Å². The number of carbonyl (C=O) groups excluding carboxylic acids is 3. The van der Waals surface area contributed by atoms with Crippen LogP contribution in [0, 0.1) is 13.8 Å². The minimum Gasteiger partial charge on any atom is -0.492 e. The fraction of sp³-hybridized carbons (Fsp3) is 0.261. The molecule has 3 amide bonds. The van der Waals surface area contributed by atoms with Crippen LogP contribution in [0.25, 0.3) is 6.08 Å². The Hall–Kier alpha value is -2.78. The molecule has 1 N–H and O–H groups in total. The molecule has 0 aliphatic carbocycles. The van der Waals surface area contributed by atoms with Crippen LogP contribution >= 0.6 is 27.7 Å². The molecule has 0 saturated carbocycles. The average Bonchev–Trinajstić information content (AvgIpc) is 2.98. The Labute approximate surface area is 199 Å². The molecule has 1 aliphatic rings. The second-order valence-electron chi connectivity index (χ2n) is 7.05. The third-order valence-electron chi connectivity index (χ3n) is 4.75. The van der Waals surface area contributed by atoms with E-state index in [4.69, 9.17) is 9.47 Å². The van der Waals surface area contributed by atoms with Crippen molar-refractivity contribution in [2.45, 2.75) is 20.8 Å². The van der Waals surface area contributed by atoms with Gasteiger partial charge in [0, 0.05) is 5.69 Å². The van der Waals surface area contributed by atoms with Crippen molar-refractivity contribution in [2.24, 2.45) is 0 Å². The van der Waals surface area contributed by atoms with Crippen molar-refractivity contribution in [2.75, 3.05) is 25.6 Å². The van der Waals surface area contributed by atoms with E-state index in [0.29, 0.717) is 33.8 Å². The number of amides is 3. The van der Waals surface area contributed by atoms with Crippen LogP contribution in [0.1, 0.15) is 23.6 Å². The number of thioether (sulfide) groups is 1. The van der Waals surface area contributed by atoms with Crippen molar-refractivity contribution >= 4 is 56.5 Å². The molecule has 1 saturated heterocycles. The molecule has 3 rings (SSSR count). The van der Waals surface area contributed by atoms with E-state index in [0.717, 1.165) is 27.8 Å². The maximum atomic E-state index is 12.8. The summed E-state index contributed by atoms with van der Waals surface area (Å²) in [5, 5.41) is 2.31. The first-order chi connectivity index (χ1) is 15.2. The topological polar surface area (TPSA) is 84.9 Å². The molecular weight excluding hydrogens is 496 g/mol. The van der Waals surface area contributed by atoms with E-state index in [1.807, 2.05) is 39.0 Å². The molecule has 7 nitrogen and oxygen atoms in total. The highest BCUT2D eigenvalue weighted by Crippen LogP contribution is 2.39. The van der Waals surface area contributed by atoms with Gasteiger partial charge in [0.2, 0.25) is 5.91 Å². The van der Waals surface area contributed by atoms with Gasteiger partial charge >= 0.3 is 0 Å². The number of imide groups is 1. The summed E-state index contributed by atoms with van der Waals surface area (Å²) in [6.45, 7) is 5.71. The number of rotatable bonds is 7. The van der Waals surface area contributed by atoms with Gasteiger partial charge in [-0.15, -0.1) is 0 Å². The van der Waals surface area contributed by atoms with E-state index in [1.165, 1.54) is 7.11 Å². The van der Waals surface area contributed by atoms with E-state index >= 15 is 0 Å². The fourth-order valence-electron chi connectivity index (χ4n) is 3.25. The molecule has 0 unspecified atom stereocenters. The van der Waals surface area contributed by atoms with Crippen LogP contribution in [0.3, 0.4) is 0 Å². The highest BCUT2D eigenvalue weighted by molar-refractivity contribution is 9.10. The van der Waals surface area contributed by atoms with Crippen LogP contribution < -0.4 is 14.8 Å². The Bertz CT molecular complexity index is 1100. The van der Waals surface area contributed by atoms with E-state index in [2.05, 4.69) is 21.2 Å². The summed E-state index contributed by atoms with van der Waals surface area (Å²) in [5.74, 6) is 0.112. The number of para-hydroxylation sites is 1. The number of anilines is 1. The largest absolute Gasteiger partial charge is 0.492 e. The van der Waals surface area contributed by atoms with Crippen molar-refractivity contribution in [3.05, 3.63) is 56.4 Å². The standard InChI is InChI=1S/C23H23BrN2O5S/c1-5-31-17-10-15(9-16(24)21(17)30-4)11-18-22(28)26(23(29)32-18)12-19(27)25-20-13(2)7-6-8-14(20)3/h6-11H,5,12H2,1-4H3,(H,25,27)/b18-11+. The van der Waals surface area contributed by atoms with Crippen LogP contribution in [-0.2, 0) is 9.59 Å². The zero-order valence-electron chi connectivity index (χ0n) is 18.2. The van der Waals surface area contributed by atoms with Gasteiger partial charge in [0.05, 0.1) is 23.1 Å². The number of nitrogens with one attached hydrogen (secondary N) is 1. The molecule has 0 aromatic heterocycles. The summed E-state index contributed by atoms with van der Waals surface area (Å²) < 4.78 is 11.6. The smallest absolute Gasteiger partial charge is 0.294 e. The van der Waals surface area contributed by atoms with Gasteiger partial charge in [0.15, 0.2) is 11.5 Å². The Morgan fingerprint density at radius 1 is 1.22 bits per heavy atom. The Balaban J connectivity index is 1.78. The van der Waals surface area contributed by atoms with E-state index in [9.17, 15) is 14.4 Å². The summed E-state index contributed by atoms with van der Waals surface area (Å²) in [4.78, 5) is 39.0. The molecule has 0 spiro atoms. The Morgan fingerprint density at radius 3 is 2.53 bits per heavy atom. The van der Waals surface area contributed by atoms with Crippen molar-refractivity contribution in [3.63, 3.8) is 0 Å². The van der Waals surface area contributed by atoms with E-state index in [-0.39, 0.29) is 11.4 Å². The first-order valence-electron chi connectivity index (χ1n) is 9.86. The normalized spacial score (nSPS) is 14.8. The van der Waals surface area contributed by atoms with Crippen molar-refractivity contribution < 1.29 is 23.9 Å². The second-order valence-corrected chi connectivity index (χ2v) is 8.90. The van der Waals surface area contributed by atoms with Gasteiger partial charge in [0.1, 0.15) is 6.54 Å². The number of halogens is 1. The molecular formula is C23H23BrN2O5S. The minimum atomic E-state index is -0.512. The fourth-order valence-corrected chi connectivity index (χ4v) is 4.71. The maximum Gasteiger partial charge on any atom is 0.294 e. The molecule has 2 aromatic rings. The molecule has 1 fully saturated rings. The predicted molar refractivity (Wildman–Crippen MR) is 129 cm³/mol. The average molecular weight is 519 g/mol. The number of carbonyl (C=O) groups is 3. The number of aryl methyl sites for hydroxylation is 2. The van der Waals surface area contributed by atoms with Crippen molar-refractivity contribution in [1.29, 1.82) is 0 Å². The molecule has 168 valence electrons. The summed E-state index contributed by atoms with van der Waals surface area (Å²) >= 11 is 4.23. The zero-order valence-corrected chi connectivity index (χ0v) is 20.6. The first-order valence-corrected chi connectivity index (χ1v) is 11.5. The summed E-state index contributed by atoms with van der Waals surface area (Å²) in [6.07, 6.45) is 1.60. The number of hydrogen-bond donors (Lipinski definition) is 1. The molecule has 0 atom stereocenters. The summed E-state index contributed by atoms with van der Waals surface area (Å²) in [7, 11) is 1.54. The van der Waals surface area contributed by atoms with Crippen molar-refractivity contribution in [1.82, 2.24) is 4.90 Å². The summed E-state index contributed by atoms with van der Waals surface area (Å²) in [5.41, 5.74) is 3.16. The van der Waals surface area contributed by atoms with Gasteiger partial charge in [-0.05, 0) is 83.4 Å². The zero-order chi connectivity index (χ0) is 23.4. The van der Waals surface area contributed by atoms with E-state index in [1.54, 1.807) is 18.2 Å². The third-order valence-corrected chi connectivity index (χ3v) is 6.25. The van der Waals surface area contributed by atoms with Crippen LogP contribution in [-0.4, -0.2) is 42.2 Å². The SMILES string of the molecule is CCOc1cc(/C=C2/SC(=O)N(CC(=O)Nc3c(C)cccc3C)C2=O)cc(Br)c1OC. The third kappa shape index (κ3) is 5.16. The van der Waals surface area contributed by atoms with Gasteiger partial charge in [-0.3, -0.25) is 19.3 Å². The lowest BCUT2D eigenvalue weighted by Gasteiger charge is -2.15. The number of ether oxygens (including phenoxy) is 2. The Morgan fingerprint density at radius 2 is 1.91 bits per heavy atom. The van der Waals surface area contributed by atoms with Gasteiger partial charge < -0.3 is 14.8 Å². The van der Waals surface area contributed by atoms with Crippen LogP contribution in [0.4, 0.5) is 10.5 Å². The van der Waals surface area contributed by atoms with Gasteiger partial charge in [-0.2, -0.15) is 0 Å². The predicted octanol–water partition coefficient (Wildman–Crippen LogP) is 5.15. The quantitative estimate of drug-likeness (QED) is 0.510. The Kier molecular flexibility index (Phi) is 7.63. The second kappa shape index (κ2) is 10.2. The van der Waals surface area contributed by atoms with Gasteiger partial charge in [-0.25, -0.2) is 0 Å². The lowest BCUT2D eigenvalue weighted by Crippen LogP contribution is -2.36. The van der Waals surface area contributed by atoms with Gasteiger partial charge in [0.25, 0.3) is 11.1 Å². The highest BCUT2D eigenvalue weighted by atomic mass is 79.9. The molecule has 0 bridgehead atoms. The lowest BCUT2D eigenvalue weighted by molar-refractivity contribution is -0.127. The van der Waals surface area contributed by atoms with Crippen molar-refractivity contribution in [3.8, 4) is 11.5 Å². The molecule has 2 aromatic carbocycles. The molecule has 1 heterocycles. The maximum absolute atomic E-state index is 12.8. The van der Waals surface area contributed by atoms with E-state index < -0.39 is 17.1 Å². The highest BCUT2D eigenvalue weighted by Gasteiger charge is 2.36. The summed E-state index contributed by atoms with van der Waals surface area (Å²) in [6, 6.07) is 9.16. The van der Waals surface area contributed by atoms with Gasteiger partial charge in [-0.1, -0.05) is 18.2 Å². The number of benzene rings is 2.